The van der Waals surface area contributed by atoms with Crippen molar-refractivity contribution in [2.24, 2.45) is 5.14 Å². The van der Waals surface area contributed by atoms with Crippen molar-refractivity contribution >= 4 is 10.0 Å². The molecule has 0 aromatic heterocycles. The van der Waals surface area contributed by atoms with Crippen LogP contribution in [-0.2, 0) is 10.0 Å². The van der Waals surface area contributed by atoms with Gasteiger partial charge in [-0.25, -0.2) is 13.6 Å². The van der Waals surface area contributed by atoms with E-state index in [1.165, 1.54) is 12.1 Å². The van der Waals surface area contributed by atoms with Crippen molar-refractivity contribution in [1.82, 2.24) is 0 Å². The van der Waals surface area contributed by atoms with Crippen LogP contribution in [-0.4, -0.2) is 14.0 Å². The first-order valence-corrected chi connectivity index (χ1v) is 6.05. The van der Waals surface area contributed by atoms with Gasteiger partial charge in [0.1, 0.15) is 11.4 Å². The summed E-state index contributed by atoms with van der Waals surface area (Å²) in [6, 6.07) is 6.03. The number of rotatable bonds is 2. The first kappa shape index (κ1) is 12.0. The van der Waals surface area contributed by atoms with Crippen LogP contribution in [0, 0.1) is 0 Å². The molecule has 4 nitrogen and oxygen atoms in total. The predicted molar refractivity (Wildman–Crippen MR) is 58.2 cm³/mol. The standard InChI is InChI=1S/C10H15NO3S/c1-10(2,3)14-8-4-6-9(7-5-8)15(11,12)13/h4-7H,1-3H3,(H2,11,12,13). The largest absolute Gasteiger partial charge is 0.488 e. The fourth-order valence-electron chi connectivity index (χ4n) is 1.05. The Balaban J connectivity index is 2.92. The fourth-order valence-corrected chi connectivity index (χ4v) is 1.57. The highest BCUT2D eigenvalue weighted by atomic mass is 32.2. The van der Waals surface area contributed by atoms with Gasteiger partial charge >= 0.3 is 0 Å². The number of primary sulfonamides is 1. The molecule has 0 bridgehead atoms. The highest BCUT2D eigenvalue weighted by molar-refractivity contribution is 7.89. The molecule has 0 aliphatic carbocycles. The van der Waals surface area contributed by atoms with E-state index in [0.29, 0.717) is 5.75 Å². The topological polar surface area (TPSA) is 69.4 Å². The molecule has 0 saturated carbocycles. The Kier molecular flexibility index (Phi) is 3.06. The lowest BCUT2D eigenvalue weighted by atomic mass is 10.2. The van der Waals surface area contributed by atoms with Crippen molar-refractivity contribution in [2.75, 3.05) is 0 Å². The van der Waals surface area contributed by atoms with E-state index in [-0.39, 0.29) is 10.5 Å². The van der Waals surface area contributed by atoms with E-state index in [0.717, 1.165) is 0 Å². The number of ether oxygens (including phenoxy) is 1. The van der Waals surface area contributed by atoms with Gasteiger partial charge in [0.15, 0.2) is 0 Å². The first-order valence-electron chi connectivity index (χ1n) is 4.50. The Bertz CT molecular complexity index is 429. The summed E-state index contributed by atoms with van der Waals surface area (Å²) in [6.45, 7) is 5.75. The molecule has 15 heavy (non-hydrogen) atoms. The van der Waals surface area contributed by atoms with Gasteiger partial charge in [0, 0.05) is 0 Å². The normalized spacial score (nSPS) is 12.5. The second kappa shape index (κ2) is 3.83. The van der Waals surface area contributed by atoms with Gasteiger partial charge in [-0.05, 0) is 45.0 Å². The highest BCUT2D eigenvalue weighted by Crippen LogP contribution is 2.19. The van der Waals surface area contributed by atoms with Gasteiger partial charge in [-0.1, -0.05) is 0 Å². The van der Waals surface area contributed by atoms with Crippen molar-refractivity contribution in [3.05, 3.63) is 24.3 Å². The van der Waals surface area contributed by atoms with E-state index < -0.39 is 10.0 Å². The highest BCUT2D eigenvalue weighted by Gasteiger charge is 2.12. The van der Waals surface area contributed by atoms with Gasteiger partial charge in [-0.3, -0.25) is 0 Å². The van der Waals surface area contributed by atoms with Crippen molar-refractivity contribution in [3.8, 4) is 5.75 Å². The molecule has 0 atom stereocenters. The van der Waals surface area contributed by atoms with Crippen molar-refractivity contribution in [1.29, 1.82) is 0 Å². The average molecular weight is 229 g/mol. The summed E-state index contributed by atoms with van der Waals surface area (Å²) < 4.78 is 27.5. The van der Waals surface area contributed by atoms with Gasteiger partial charge in [0.2, 0.25) is 10.0 Å². The molecule has 0 aliphatic rings. The zero-order chi connectivity index (χ0) is 11.7. The molecule has 5 heteroatoms. The van der Waals surface area contributed by atoms with Crippen LogP contribution in [0.15, 0.2) is 29.2 Å². The second-order valence-electron chi connectivity index (χ2n) is 4.23. The van der Waals surface area contributed by atoms with E-state index in [4.69, 9.17) is 9.88 Å². The summed E-state index contributed by atoms with van der Waals surface area (Å²) in [5, 5.41) is 4.97. The molecule has 0 radical (unpaired) electrons. The zero-order valence-corrected chi connectivity index (χ0v) is 9.84. The van der Waals surface area contributed by atoms with Crippen molar-refractivity contribution in [3.63, 3.8) is 0 Å². The van der Waals surface area contributed by atoms with E-state index in [1.54, 1.807) is 12.1 Å². The Morgan fingerprint density at radius 3 is 1.93 bits per heavy atom. The zero-order valence-electron chi connectivity index (χ0n) is 9.02. The van der Waals surface area contributed by atoms with Crippen LogP contribution in [0.5, 0.6) is 5.75 Å². The van der Waals surface area contributed by atoms with Crippen LogP contribution in [0.2, 0.25) is 0 Å². The quantitative estimate of drug-likeness (QED) is 0.835. The molecule has 2 N–H and O–H groups in total. The molecule has 0 unspecified atom stereocenters. The molecule has 0 amide bonds. The maximum absolute atomic E-state index is 11.0. The first-order chi connectivity index (χ1) is 6.68. The van der Waals surface area contributed by atoms with Crippen molar-refractivity contribution < 1.29 is 13.2 Å². The van der Waals surface area contributed by atoms with Crippen LogP contribution in [0.4, 0.5) is 0 Å². The van der Waals surface area contributed by atoms with Crippen LogP contribution in [0.1, 0.15) is 20.8 Å². The van der Waals surface area contributed by atoms with Crippen LogP contribution in [0.3, 0.4) is 0 Å². The predicted octanol–water partition coefficient (Wildman–Crippen LogP) is 1.51. The summed E-state index contributed by atoms with van der Waals surface area (Å²) in [5.74, 6) is 0.620. The Labute approximate surface area is 90.1 Å². The minimum Gasteiger partial charge on any atom is -0.488 e. The lowest BCUT2D eigenvalue weighted by Gasteiger charge is -2.21. The molecule has 0 heterocycles. The third kappa shape index (κ3) is 3.89. The van der Waals surface area contributed by atoms with E-state index in [9.17, 15) is 8.42 Å². The number of sulfonamides is 1. The summed E-state index contributed by atoms with van der Waals surface area (Å²) in [7, 11) is -3.62. The smallest absolute Gasteiger partial charge is 0.238 e. The third-order valence-electron chi connectivity index (χ3n) is 1.58. The van der Waals surface area contributed by atoms with Gasteiger partial charge < -0.3 is 4.74 Å². The lowest BCUT2D eigenvalue weighted by Crippen LogP contribution is -2.23. The number of hydrogen-bond acceptors (Lipinski definition) is 3. The third-order valence-corrected chi connectivity index (χ3v) is 2.51. The van der Waals surface area contributed by atoms with Crippen LogP contribution in [0.25, 0.3) is 0 Å². The molecule has 0 spiro atoms. The summed E-state index contributed by atoms with van der Waals surface area (Å²) in [4.78, 5) is 0.0868. The number of benzene rings is 1. The van der Waals surface area contributed by atoms with Crippen molar-refractivity contribution in [2.45, 2.75) is 31.3 Å². The van der Waals surface area contributed by atoms with Gasteiger partial charge in [-0.15, -0.1) is 0 Å². The SMILES string of the molecule is CC(C)(C)Oc1ccc(S(N)(=O)=O)cc1. The monoisotopic (exact) mass is 229 g/mol. The molecule has 1 rings (SSSR count). The van der Waals surface area contributed by atoms with Gasteiger partial charge in [0.25, 0.3) is 0 Å². The summed E-state index contributed by atoms with van der Waals surface area (Å²) in [6.07, 6.45) is 0. The van der Waals surface area contributed by atoms with E-state index in [1.807, 2.05) is 20.8 Å². The molecule has 0 fully saturated rings. The summed E-state index contributed by atoms with van der Waals surface area (Å²) in [5.41, 5.74) is -0.302. The minimum atomic E-state index is -3.62. The maximum atomic E-state index is 11.0. The molecule has 1 aromatic rings. The number of hydrogen-bond donors (Lipinski definition) is 1. The fraction of sp³-hybridized carbons (Fsp3) is 0.400. The summed E-state index contributed by atoms with van der Waals surface area (Å²) >= 11 is 0. The average Bonchev–Trinajstić information content (AvgIpc) is 2.00. The Morgan fingerprint density at radius 2 is 1.60 bits per heavy atom. The molecule has 0 saturated heterocycles. The minimum absolute atomic E-state index is 0.0868. The lowest BCUT2D eigenvalue weighted by molar-refractivity contribution is 0.131. The maximum Gasteiger partial charge on any atom is 0.238 e. The second-order valence-corrected chi connectivity index (χ2v) is 5.79. The molecular weight excluding hydrogens is 214 g/mol. The Hall–Kier alpha value is -1.07. The van der Waals surface area contributed by atoms with Gasteiger partial charge in [0.05, 0.1) is 4.90 Å². The van der Waals surface area contributed by atoms with Gasteiger partial charge in [-0.2, -0.15) is 0 Å². The van der Waals surface area contributed by atoms with E-state index in [2.05, 4.69) is 0 Å². The molecule has 84 valence electrons. The number of nitrogens with two attached hydrogens (primary N) is 1. The molecular formula is C10H15NO3S. The Morgan fingerprint density at radius 1 is 1.13 bits per heavy atom. The molecule has 0 aliphatic heterocycles. The molecule has 1 aromatic carbocycles. The van der Waals surface area contributed by atoms with E-state index >= 15 is 0 Å². The van der Waals surface area contributed by atoms with Crippen LogP contribution >= 0.6 is 0 Å². The van der Waals surface area contributed by atoms with Crippen LogP contribution < -0.4 is 9.88 Å².